The number of hydrogen-bond acceptors (Lipinski definition) is 6. The van der Waals surface area contributed by atoms with Crippen LogP contribution in [-0.2, 0) is 5.41 Å². The Morgan fingerprint density at radius 3 is 2.59 bits per heavy atom. The molecule has 0 spiro atoms. The fourth-order valence-electron chi connectivity index (χ4n) is 2.68. The highest BCUT2D eigenvalue weighted by Gasteiger charge is 2.23. The summed E-state index contributed by atoms with van der Waals surface area (Å²) >= 11 is 0. The van der Waals surface area contributed by atoms with Gasteiger partial charge in [0.25, 0.3) is 11.8 Å². The number of aromatic nitrogens is 5. The molecule has 1 amide bonds. The van der Waals surface area contributed by atoms with E-state index in [2.05, 4.69) is 25.4 Å². The van der Waals surface area contributed by atoms with Crippen molar-refractivity contribution >= 4 is 11.6 Å². The van der Waals surface area contributed by atoms with E-state index in [9.17, 15) is 4.79 Å². The average Bonchev–Trinajstić information content (AvgIpc) is 3.39. The lowest BCUT2D eigenvalue weighted by Gasteiger charge is -2.11. The molecule has 8 nitrogen and oxygen atoms in total. The molecular formula is C21H20N6O2. The van der Waals surface area contributed by atoms with Gasteiger partial charge in [0.15, 0.2) is 11.6 Å². The summed E-state index contributed by atoms with van der Waals surface area (Å²) in [6, 6.07) is 12.8. The Labute approximate surface area is 167 Å². The van der Waals surface area contributed by atoms with Gasteiger partial charge >= 0.3 is 0 Å². The van der Waals surface area contributed by atoms with Gasteiger partial charge in [0.05, 0.1) is 5.56 Å². The monoisotopic (exact) mass is 388 g/mol. The lowest BCUT2D eigenvalue weighted by Crippen LogP contribution is -2.13. The van der Waals surface area contributed by atoms with Crippen molar-refractivity contribution in [3.63, 3.8) is 0 Å². The molecule has 29 heavy (non-hydrogen) atoms. The molecule has 4 aromatic rings. The molecule has 0 aliphatic carbocycles. The van der Waals surface area contributed by atoms with E-state index in [1.165, 1.54) is 6.33 Å². The molecule has 8 heteroatoms. The molecule has 1 aromatic carbocycles. The van der Waals surface area contributed by atoms with Gasteiger partial charge in [0, 0.05) is 23.5 Å². The van der Waals surface area contributed by atoms with Crippen molar-refractivity contribution in [2.24, 2.45) is 0 Å². The van der Waals surface area contributed by atoms with Gasteiger partial charge < -0.3 is 9.84 Å². The standard InChI is InChI=1S/C21H20N6O2/c1-21(2,3)20-25-19(29-26-20)15-10-7-11-22-17(15)27-12-16(23-13-27)18(28)24-14-8-5-4-6-9-14/h4-13H,1-3H3,(H,24,28). The molecule has 0 radical (unpaired) electrons. The van der Waals surface area contributed by atoms with E-state index < -0.39 is 0 Å². The maximum atomic E-state index is 12.5. The molecule has 0 unspecified atom stereocenters. The normalized spacial score (nSPS) is 11.4. The first-order valence-corrected chi connectivity index (χ1v) is 9.12. The van der Waals surface area contributed by atoms with Crippen molar-refractivity contribution in [1.82, 2.24) is 24.7 Å². The number of carbonyl (C=O) groups is 1. The van der Waals surface area contributed by atoms with Crippen molar-refractivity contribution in [2.45, 2.75) is 26.2 Å². The number of carbonyl (C=O) groups excluding carboxylic acids is 1. The number of para-hydroxylation sites is 1. The number of imidazole rings is 1. The van der Waals surface area contributed by atoms with Crippen LogP contribution in [0.1, 0.15) is 37.1 Å². The van der Waals surface area contributed by atoms with Gasteiger partial charge in [-0.25, -0.2) is 9.97 Å². The summed E-state index contributed by atoms with van der Waals surface area (Å²) in [6.07, 6.45) is 4.81. The Bertz CT molecular complexity index is 1140. The molecule has 1 N–H and O–H groups in total. The second-order valence-electron chi connectivity index (χ2n) is 7.53. The first-order chi connectivity index (χ1) is 13.9. The molecule has 0 saturated heterocycles. The highest BCUT2D eigenvalue weighted by atomic mass is 16.5. The van der Waals surface area contributed by atoms with Gasteiger partial charge in [0.1, 0.15) is 12.0 Å². The quantitative estimate of drug-likeness (QED) is 0.570. The van der Waals surface area contributed by atoms with Crippen LogP contribution in [0.4, 0.5) is 5.69 Å². The SMILES string of the molecule is CC(C)(C)c1noc(-c2cccnc2-n2cnc(C(=O)Nc3ccccc3)c2)n1. The van der Waals surface area contributed by atoms with Gasteiger partial charge in [-0.1, -0.05) is 44.1 Å². The van der Waals surface area contributed by atoms with Crippen LogP contribution in [0.15, 0.2) is 65.7 Å². The third-order valence-corrected chi connectivity index (χ3v) is 4.21. The van der Waals surface area contributed by atoms with E-state index in [-0.39, 0.29) is 17.0 Å². The molecule has 0 fully saturated rings. The van der Waals surface area contributed by atoms with Crippen LogP contribution in [0.3, 0.4) is 0 Å². The predicted octanol–water partition coefficient (Wildman–Crippen LogP) is 3.87. The number of anilines is 1. The third kappa shape index (κ3) is 3.91. The largest absolute Gasteiger partial charge is 0.334 e. The Hall–Kier alpha value is -3.81. The zero-order valence-corrected chi connectivity index (χ0v) is 16.3. The molecule has 0 aliphatic heterocycles. The molecule has 0 bridgehead atoms. The topological polar surface area (TPSA) is 98.7 Å². The van der Waals surface area contributed by atoms with Gasteiger partial charge in [-0.05, 0) is 24.3 Å². The number of rotatable bonds is 4. The predicted molar refractivity (Wildman–Crippen MR) is 108 cm³/mol. The second kappa shape index (κ2) is 7.31. The van der Waals surface area contributed by atoms with Crippen molar-refractivity contribution < 1.29 is 9.32 Å². The molecule has 0 aliphatic rings. The zero-order chi connectivity index (χ0) is 20.4. The summed E-state index contributed by atoms with van der Waals surface area (Å²) in [5, 5.41) is 6.89. The van der Waals surface area contributed by atoms with Crippen LogP contribution in [0.2, 0.25) is 0 Å². The van der Waals surface area contributed by atoms with Gasteiger partial charge in [-0.3, -0.25) is 9.36 Å². The first-order valence-electron chi connectivity index (χ1n) is 9.12. The Balaban J connectivity index is 1.63. The number of amides is 1. The average molecular weight is 388 g/mol. The van der Waals surface area contributed by atoms with Crippen LogP contribution in [0.25, 0.3) is 17.3 Å². The third-order valence-electron chi connectivity index (χ3n) is 4.21. The van der Waals surface area contributed by atoms with Crippen LogP contribution >= 0.6 is 0 Å². The van der Waals surface area contributed by atoms with E-state index in [1.807, 2.05) is 57.2 Å². The van der Waals surface area contributed by atoms with Gasteiger partial charge in [-0.2, -0.15) is 4.98 Å². The summed E-state index contributed by atoms with van der Waals surface area (Å²) < 4.78 is 7.12. The minimum Gasteiger partial charge on any atom is -0.334 e. The Morgan fingerprint density at radius 1 is 1.07 bits per heavy atom. The lowest BCUT2D eigenvalue weighted by molar-refractivity contribution is 0.102. The minimum atomic E-state index is -0.305. The van der Waals surface area contributed by atoms with E-state index in [0.717, 1.165) is 0 Å². The number of pyridine rings is 1. The molecule has 3 heterocycles. The van der Waals surface area contributed by atoms with E-state index in [0.29, 0.717) is 28.8 Å². The highest BCUT2D eigenvalue weighted by molar-refractivity contribution is 6.02. The number of benzene rings is 1. The van der Waals surface area contributed by atoms with Crippen LogP contribution < -0.4 is 5.32 Å². The second-order valence-corrected chi connectivity index (χ2v) is 7.53. The zero-order valence-electron chi connectivity index (χ0n) is 16.3. The number of nitrogens with one attached hydrogen (secondary N) is 1. The first kappa shape index (κ1) is 18.5. The fourth-order valence-corrected chi connectivity index (χ4v) is 2.68. The van der Waals surface area contributed by atoms with Crippen molar-refractivity contribution in [2.75, 3.05) is 5.32 Å². The van der Waals surface area contributed by atoms with E-state index >= 15 is 0 Å². The Kier molecular flexibility index (Phi) is 4.67. The lowest BCUT2D eigenvalue weighted by atomic mass is 9.96. The fraction of sp³-hybridized carbons (Fsp3) is 0.190. The smallest absolute Gasteiger partial charge is 0.275 e. The van der Waals surface area contributed by atoms with Crippen LogP contribution in [0.5, 0.6) is 0 Å². The minimum absolute atomic E-state index is 0.234. The summed E-state index contributed by atoms with van der Waals surface area (Å²) in [7, 11) is 0. The number of nitrogens with zero attached hydrogens (tertiary/aromatic N) is 5. The van der Waals surface area contributed by atoms with Crippen molar-refractivity contribution in [3.8, 4) is 17.3 Å². The Morgan fingerprint density at radius 2 is 1.86 bits per heavy atom. The summed E-state index contributed by atoms with van der Waals surface area (Å²) in [6.45, 7) is 6.04. The van der Waals surface area contributed by atoms with E-state index in [4.69, 9.17) is 4.52 Å². The van der Waals surface area contributed by atoms with Gasteiger partial charge in [-0.15, -0.1) is 0 Å². The number of hydrogen-bond donors (Lipinski definition) is 1. The molecule has 0 atom stereocenters. The highest BCUT2D eigenvalue weighted by Crippen LogP contribution is 2.27. The molecule has 146 valence electrons. The molecule has 0 saturated carbocycles. The van der Waals surface area contributed by atoms with Crippen molar-refractivity contribution in [1.29, 1.82) is 0 Å². The van der Waals surface area contributed by atoms with Gasteiger partial charge in [0.2, 0.25) is 0 Å². The molecular weight excluding hydrogens is 368 g/mol. The maximum absolute atomic E-state index is 12.5. The summed E-state index contributed by atoms with van der Waals surface area (Å²) in [4.78, 5) is 25.6. The molecule has 3 aromatic heterocycles. The van der Waals surface area contributed by atoms with Crippen molar-refractivity contribution in [3.05, 3.63) is 72.7 Å². The summed E-state index contributed by atoms with van der Waals surface area (Å²) in [5.41, 5.74) is 1.39. The van der Waals surface area contributed by atoms with Crippen LogP contribution in [0, 0.1) is 0 Å². The summed E-state index contributed by atoms with van der Waals surface area (Å²) in [5.74, 6) is 1.21. The van der Waals surface area contributed by atoms with Crippen LogP contribution in [-0.4, -0.2) is 30.6 Å². The van der Waals surface area contributed by atoms with E-state index in [1.54, 1.807) is 23.0 Å². The molecule has 4 rings (SSSR count). The maximum Gasteiger partial charge on any atom is 0.275 e.